The lowest BCUT2D eigenvalue weighted by molar-refractivity contribution is -0.906. The fourth-order valence-electron chi connectivity index (χ4n) is 3.31. The number of urea groups is 1. The van der Waals surface area contributed by atoms with Crippen molar-refractivity contribution in [1.82, 2.24) is 0 Å². The van der Waals surface area contributed by atoms with Crippen molar-refractivity contribution in [3.63, 3.8) is 0 Å². The van der Waals surface area contributed by atoms with Crippen LogP contribution in [0.5, 0.6) is 0 Å². The Hall–Kier alpha value is -1.36. The van der Waals surface area contributed by atoms with E-state index in [1.807, 2.05) is 0 Å². The molecule has 1 unspecified atom stereocenters. The first-order valence-electron chi connectivity index (χ1n) is 8.93. The maximum Gasteiger partial charge on any atom is 0.324 e. The molecule has 1 atom stereocenters. The summed E-state index contributed by atoms with van der Waals surface area (Å²) in [6.07, 6.45) is 1.67. The van der Waals surface area contributed by atoms with Gasteiger partial charge in [-0.25, -0.2) is 4.79 Å². The van der Waals surface area contributed by atoms with Gasteiger partial charge in [-0.3, -0.25) is 10.1 Å². The zero-order valence-corrected chi connectivity index (χ0v) is 19.6. The Bertz CT molecular complexity index is 872. The van der Waals surface area contributed by atoms with Crippen LogP contribution in [0.25, 0.3) is 0 Å². The summed E-state index contributed by atoms with van der Waals surface area (Å²) in [5, 5.41) is 6.65. The number of rotatable bonds is 4. The van der Waals surface area contributed by atoms with Crippen molar-refractivity contribution in [1.29, 1.82) is 0 Å². The Morgan fingerprint density at radius 2 is 1.82 bits per heavy atom. The quantitative estimate of drug-likeness (QED) is 0.399. The van der Waals surface area contributed by atoms with Crippen molar-refractivity contribution >= 4 is 45.6 Å². The molecule has 9 heteroatoms. The molecular weight excluding hydrogens is 511 g/mol. The number of halogens is 2. The molecule has 1 aliphatic heterocycles. The number of carbonyl (C=O) groups is 2. The van der Waals surface area contributed by atoms with Gasteiger partial charge in [0.1, 0.15) is 5.00 Å². The van der Waals surface area contributed by atoms with Gasteiger partial charge in [-0.05, 0) is 36.8 Å². The highest BCUT2D eigenvalue weighted by molar-refractivity contribution is 7.17. The normalized spacial score (nSPS) is 18.4. The number of hydrogen-bond donors (Lipinski definition) is 3. The zero-order chi connectivity index (χ0) is 19.6. The number of fused-ring (bicyclic) bond motifs is 1. The lowest BCUT2D eigenvalue weighted by atomic mass is 10.1. The Labute approximate surface area is 191 Å². The Morgan fingerprint density at radius 3 is 2.43 bits per heavy atom. The van der Waals surface area contributed by atoms with Gasteiger partial charge in [0.05, 0.1) is 32.2 Å². The predicted molar refractivity (Wildman–Crippen MR) is 111 cm³/mol. The monoisotopic (exact) mass is 534 g/mol. The molecule has 0 saturated heterocycles. The molecule has 0 radical (unpaired) electrons. The van der Waals surface area contributed by atoms with E-state index >= 15 is 0 Å². The number of nitrogens with two attached hydrogens (primary N) is 1. The standard InChI is InChI=1S/C19H23ClN4O2S.HI/c1-3-24(2)10-8-14-15(9-11-24)27-18(16(14)17(21)25)23-19(26)22-13-6-4-12(20)5-7-13;/h4-7H,3,8-11H2,1-2H3,(H3-,21,22,23,25,26);1H. The number of amides is 3. The number of likely N-dealkylation sites (N-methyl/N-ethyl adjacent to an activating group) is 1. The van der Waals surface area contributed by atoms with Crippen molar-refractivity contribution in [3.05, 3.63) is 45.3 Å². The molecule has 1 aromatic heterocycles. The van der Waals surface area contributed by atoms with E-state index in [4.69, 9.17) is 17.3 Å². The first kappa shape index (κ1) is 22.9. The third-order valence-corrected chi connectivity index (χ3v) is 6.67. The summed E-state index contributed by atoms with van der Waals surface area (Å²) >= 11 is 7.31. The van der Waals surface area contributed by atoms with Crippen LogP contribution in [0.1, 0.15) is 27.7 Å². The van der Waals surface area contributed by atoms with E-state index in [1.54, 1.807) is 24.3 Å². The molecule has 0 bridgehead atoms. The van der Waals surface area contributed by atoms with Crippen molar-refractivity contribution in [2.45, 2.75) is 19.8 Å². The zero-order valence-electron chi connectivity index (χ0n) is 15.9. The molecule has 0 fully saturated rings. The fourth-order valence-corrected chi connectivity index (χ4v) is 4.67. The van der Waals surface area contributed by atoms with Gasteiger partial charge in [0, 0.05) is 28.4 Å². The van der Waals surface area contributed by atoms with Crippen LogP contribution in [0.4, 0.5) is 15.5 Å². The van der Waals surface area contributed by atoms with Gasteiger partial charge in [-0.1, -0.05) is 11.6 Å². The van der Waals surface area contributed by atoms with Crippen LogP contribution < -0.4 is 40.3 Å². The number of quaternary nitrogens is 1. The van der Waals surface area contributed by atoms with E-state index in [-0.39, 0.29) is 24.0 Å². The SMILES string of the molecule is CC[N+]1(C)CCc2sc(NC(=O)Nc3ccc(Cl)cc3)c(C(N)=O)c2CC1.[I-]. The Balaban J connectivity index is 0.00000280. The van der Waals surface area contributed by atoms with E-state index in [0.29, 0.717) is 21.3 Å². The van der Waals surface area contributed by atoms with Crippen LogP contribution in [0.15, 0.2) is 24.3 Å². The summed E-state index contributed by atoms with van der Waals surface area (Å²) in [6, 6.07) is 6.41. The smallest absolute Gasteiger partial charge is 0.324 e. The maximum absolute atomic E-state index is 12.4. The second-order valence-electron chi connectivity index (χ2n) is 7.04. The molecule has 1 aromatic carbocycles. The molecule has 4 N–H and O–H groups in total. The summed E-state index contributed by atoms with van der Waals surface area (Å²) < 4.78 is 0.972. The number of hydrogen-bond acceptors (Lipinski definition) is 3. The largest absolute Gasteiger partial charge is 1.00 e. The summed E-state index contributed by atoms with van der Waals surface area (Å²) in [5.41, 5.74) is 7.71. The van der Waals surface area contributed by atoms with Gasteiger partial charge >= 0.3 is 6.03 Å². The predicted octanol–water partition coefficient (Wildman–Crippen LogP) is 0.714. The van der Waals surface area contributed by atoms with Crippen LogP contribution >= 0.6 is 22.9 Å². The number of nitrogens with zero attached hydrogens (tertiary/aromatic N) is 1. The van der Waals surface area contributed by atoms with Crippen molar-refractivity contribution in [3.8, 4) is 0 Å². The fraction of sp³-hybridized carbons (Fsp3) is 0.368. The van der Waals surface area contributed by atoms with Crippen molar-refractivity contribution in [2.75, 3.05) is 37.3 Å². The van der Waals surface area contributed by atoms with E-state index in [1.165, 1.54) is 11.3 Å². The van der Waals surface area contributed by atoms with E-state index in [2.05, 4.69) is 24.6 Å². The van der Waals surface area contributed by atoms with E-state index < -0.39 is 11.9 Å². The molecule has 3 rings (SSSR count). The minimum absolute atomic E-state index is 0. The summed E-state index contributed by atoms with van der Waals surface area (Å²) in [5.74, 6) is -0.498. The number of nitrogens with one attached hydrogen (secondary N) is 2. The second-order valence-corrected chi connectivity index (χ2v) is 8.58. The highest BCUT2D eigenvalue weighted by Gasteiger charge is 2.30. The van der Waals surface area contributed by atoms with Crippen LogP contribution in [-0.4, -0.2) is 43.1 Å². The van der Waals surface area contributed by atoms with E-state index in [9.17, 15) is 9.59 Å². The van der Waals surface area contributed by atoms with Gasteiger partial charge in [0.15, 0.2) is 0 Å². The first-order valence-corrected chi connectivity index (χ1v) is 10.1. The van der Waals surface area contributed by atoms with Gasteiger partial charge in [0.2, 0.25) is 0 Å². The maximum atomic E-state index is 12.4. The molecular formula is C19H24ClIN4O2S. The molecule has 6 nitrogen and oxygen atoms in total. The van der Waals surface area contributed by atoms with Gasteiger partial charge in [-0.15, -0.1) is 11.3 Å². The minimum atomic E-state index is -0.498. The number of anilines is 2. The Morgan fingerprint density at radius 1 is 1.18 bits per heavy atom. The average molecular weight is 535 g/mol. The molecule has 0 aliphatic carbocycles. The summed E-state index contributed by atoms with van der Waals surface area (Å²) in [7, 11) is 2.24. The van der Waals surface area contributed by atoms with Crippen molar-refractivity contribution < 1.29 is 38.0 Å². The van der Waals surface area contributed by atoms with Gasteiger partial charge in [-0.2, -0.15) is 0 Å². The number of benzene rings is 1. The van der Waals surface area contributed by atoms with E-state index in [0.717, 1.165) is 47.4 Å². The molecule has 152 valence electrons. The summed E-state index contributed by atoms with van der Waals surface area (Å²) in [6.45, 7) is 5.20. The molecule has 28 heavy (non-hydrogen) atoms. The minimum Gasteiger partial charge on any atom is -1.00 e. The van der Waals surface area contributed by atoms with Gasteiger partial charge in [0.25, 0.3) is 5.91 Å². The highest BCUT2D eigenvalue weighted by atomic mass is 127. The van der Waals surface area contributed by atoms with Crippen LogP contribution in [-0.2, 0) is 12.8 Å². The third kappa shape index (κ3) is 5.16. The second kappa shape index (κ2) is 9.43. The van der Waals surface area contributed by atoms with Crippen molar-refractivity contribution in [2.24, 2.45) is 5.73 Å². The number of carbonyl (C=O) groups excluding carboxylic acids is 2. The lowest BCUT2D eigenvalue weighted by Gasteiger charge is -2.31. The first-order chi connectivity index (χ1) is 12.8. The molecule has 0 saturated carbocycles. The highest BCUT2D eigenvalue weighted by Crippen LogP contribution is 2.36. The third-order valence-electron chi connectivity index (χ3n) is 5.21. The molecule has 3 amide bonds. The van der Waals surface area contributed by atoms with Gasteiger partial charge < -0.3 is 39.5 Å². The lowest BCUT2D eigenvalue weighted by Crippen LogP contribution is -3.00. The summed E-state index contributed by atoms with van der Waals surface area (Å²) in [4.78, 5) is 25.6. The van der Waals surface area contributed by atoms with Crippen LogP contribution in [0, 0.1) is 0 Å². The number of thiophene rings is 1. The number of primary amides is 1. The van der Waals surface area contributed by atoms with Crippen LogP contribution in [0.2, 0.25) is 5.02 Å². The molecule has 1 aliphatic rings. The average Bonchev–Trinajstić information content (AvgIpc) is 2.89. The van der Waals surface area contributed by atoms with Crippen LogP contribution in [0.3, 0.4) is 0 Å². The molecule has 2 aromatic rings. The molecule has 0 spiro atoms. The molecule has 2 heterocycles. The topological polar surface area (TPSA) is 84.2 Å². The Kier molecular flexibility index (Phi) is 7.72.